The minimum absolute atomic E-state index is 0.00326. The summed E-state index contributed by atoms with van der Waals surface area (Å²) >= 11 is 0. The van der Waals surface area contributed by atoms with Crippen LogP contribution in [0, 0.1) is 5.92 Å². The van der Waals surface area contributed by atoms with Gasteiger partial charge in [-0.3, -0.25) is 0 Å². The SMILES string of the molecule is CCOC(c1noc(C(C)C(C)N)n1)C1CCCCC1. The second-order valence-corrected chi connectivity index (χ2v) is 5.91. The summed E-state index contributed by atoms with van der Waals surface area (Å²) in [6.45, 7) is 6.66. The van der Waals surface area contributed by atoms with Crippen molar-refractivity contribution in [2.24, 2.45) is 11.7 Å². The Kier molecular flexibility index (Phi) is 5.54. The van der Waals surface area contributed by atoms with Gasteiger partial charge in [-0.25, -0.2) is 0 Å². The molecule has 1 aliphatic rings. The summed E-state index contributed by atoms with van der Waals surface area (Å²) in [6.07, 6.45) is 6.23. The van der Waals surface area contributed by atoms with Gasteiger partial charge in [0.2, 0.25) is 11.7 Å². The van der Waals surface area contributed by atoms with Gasteiger partial charge in [0.1, 0.15) is 6.10 Å². The number of rotatable bonds is 6. The molecule has 0 spiro atoms. The molecule has 1 heterocycles. The second-order valence-electron chi connectivity index (χ2n) is 5.91. The summed E-state index contributed by atoms with van der Waals surface area (Å²) < 4.78 is 11.3. The van der Waals surface area contributed by atoms with Crippen LogP contribution in [0.2, 0.25) is 0 Å². The number of hydrogen-bond donors (Lipinski definition) is 1. The molecule has 0 radical (unpaired) electrons. The topological polar surface area (TPSA) is 74.2 Å². The van der Waals surface area contributed by atoms with Crippen LogP contribution >= 0.6 is 0 Å². The Morgan fingerprint density at radius 3 is 2.60 bits per heavy atom. The van der Waals surface area contributed by atoms with E-state index in [9.17, 15) is 0 Å². The zero-order valence-electron chi connectivity index (χ0n) is 12.8. The Labute approximate surface area is 121 Å². The molecular formula is C15H27N3O2. The molecule has 0 aromatic carbocycles. The third kappa shape index (κ3) is 3.58. The third-order valence-corrected chi connectivity index (χ3v) is 4.31. The van der Waals surface area contributed by atoms with Crippen molar-refractivity contribution >= 4 is 0 Å². The fourth-order valence-corrected chi connectivity index (χ4v) is 2.81. The lowest BCUT2D eigenvalue weighted by molar-refractivity contribution is -0.00145. The van der Waals surface area contributed by atoms with Crippen LogP contribution in [0.25, 0.3) is 0 Å². The number of ether oxygens (including phenoxy) is 1. The maximum atomic E-state index is 5.90. The van der Waals surface area contributed by atoms with Crippen molar-refractivity contribution in [3.8, 4) is 0 Å². The van der Waals surface area contributed by atoms with Gasteiger partial charge >= 0.3 is 0 Å². The standard InChI is InChI=1S/C15H27N3O2/c1-4-19-13(12-8-6-5-7-9-12)14-17-15(20-18-14)10(2)11(3)16/h10-13H,4-9,16H2,1-3H3. The highest BCUT2D eigenvalue weighted by Gasteiger charge is 2.30. The number of nitrogens with two attached hydrogens (primary N) is 1. The quantitative estimate of drug-likeness (QED) is 0.866. The molecule has 1 aliphatic carbocycles. The molecule has 0 aliphatic heterocycles. The fraction of sp³-hybridized carbons (Fsp3) is 0.867. The van der Waals surface area contributed by atoms with E-state index in [4.69, 9.17) is 15.0 Å². The van der Waals surface area contributed by atoms with Gasteiger partial charge in [-0.15, -0.1) is 0 Å². The molecule has 1 aromatic heterocycles. The first-order valence-corrected chi connectivity index (χ1v) is 7.84. The van der Waals surface area contributed by atoms with Crippen molar-refractivity contribution in [3.63, 3.8) is 0 Å². The smallest absolute Gasteiger partial charge is 0.231 e. The number of hydrogen-bond acceptors (Lipinski definition) is 5. The first-order valence-electron chi connectivity index (χ1n) is 7.84. The van der Waals surface area contributed by atoms with Crippen molar-refractivity contribution < 1.29 is 9.26 Å². The Hall–Kier alpha value is -0.940. The lowest BCUT2D eigenvalue weighted by atomic mass is 9.85. The molecule has 1 saturated carbocycles. The van der Waals surface area contributed by atoms with Gasteiger partial charge in [0.15, 0.2) is 0 Å². The molecule has 2 rings (SSSR count). The van der Waals surface area contributed by atoms with Gasteiger partial charge in [0.25, 0.3) is 0 Å². The molecule has 0 saturated heterocycles. The monoisotopic (exact) mass is 281 g/mol. The third-order valence-electron chi connectivity index (χ3n) is 4.31. The predicted octanol–water partition coefficient (Wildman–Crippen LogP) is 3.18. The lowest BCUT2D eigenvalue weighted by Crippen LogP contribution is -2.23. The predicted molar refractivity (Wildman–Crippen MR) is 77.3 cm³/mol. The molecular weight excluding hydrogens is 254 g/mol. The van der Waals surface area contributed by atoms with E-state index in [1.165, 1.54) is 32.1 Å². The van der Waals surface area contributed by atoms with Crippen molar-refractivity contribution in [1.82, 2.24) is 10.1 Å². The van der Waals surface area contributed by atoms with Crippen LogP contribution in [0.1, 0.15) is 76.6 Å². The van der Waals surface area contributed by atoms with Crippen LogP contribution in [0.3, 0.4) is 0 Å². The first kappa shape index (κ1) is 15.4. The molecule has 114 valence electrons. The van der Waals surface area contributed by atoms with Crippen LogP contribution in [0.4, 0.5) is 0 Å². The Bertz CT molecular complexity index is 400. The summed E-state index contributed by atoms with van der Waals surface area (Å²) in [7, 11) is 0. The van der Waals surface area contributed by atoms with E-state index in [1.807, 2.05) is 20.8 Å². The Morgan fingerprint density at radius 1 is 1.30 bits per heavy atom. The van der Waals surface area contributed by atoms with E-state index in [0.717, 1.165) is 0 Å². The first-order chi connectivity index (χ1) is 9.63. The summed E-state index contributed by atoms with van der Waals surface area (Å²) in [5, 5.41) is 4.15. The van der Waals surface area contributed by atoms with Crippen LogP contribution in [0.5, 0.6) is 0 Å². The normalized spacial score (nSPS) is 21.6. The molecule has 3 unspecified atom stereocenters. The maximum absolute atomic E-state index is 5.90. The van der Waals surface area contributed by atoms with Crippen LogP contribution in [-0.4, -0.2) is 22.8 Å². The van der Waals surface area contributed by atoms with Gasteiger partial charge < -0.3 is 15.0 Å². The largest absolute Gasteiger partial charge is 0.370 e. The Morgan fingerprint density at radius 2 is 2.00 bits per heavy atom. The minimum atomic E-state index is -0.0296. The molecule has 0 amide bonds. The molecule has 0 bridgehead atoms. The Balaban J connectivity index is 2.12. The summed E-state index contributed by atoms with van der Waals surface area (Å²) in [4.78, 5) is 4.54. The zero-order valence-corrected chi connectivity index (χ0v) is 12.8. The van der Waals surface area contributed by atoms with E-state index in [1.54, 1.807) is 0 Å². The lowest BCUT2D eigenvalue weighted by Gasteiger charge is -2.27. The summed E-state index contributed by atoms with van der Waals surface area (Å²) in [5.74, 6) is 1.90. The highest BCUT2D eigenvalue weighted by molar-refractivity contribution is 5.00. The van der Waals surface area contributed by atoms with Gasteiger partial charge in [-0.2, -0.15) is 4.98 Å². The minimum Gasteiger partial charge on any atom is -0.370 e. The number of nitrogens with zero attached hydrogens (tertiary/aromatic N) is 2. The second kappa shape index (κ2) is 7.18. The zero-order chi connectivity index (χ0) is 14.5. The summed E-state index contributed by atoms with van der Waals surface area (Å²) in [6, 6.07) is 0.00326. The fourth-order valence-electron chi connectivity index (χ4n) is 2.81. The highest BCUT2D eigenvalue weighted by atomic mass is 16.5. The van der Waals surface area contributed by atoms with Gasteiger partial charge in [-0.1, -0.05) is 31.3 Å². The maximum Gasteiger partial charge on any atom is 0.231 e. The van der Waals surface area contributed by atoms with E-state index >= 15 is 0 Å². The number of aromatic nitrogens is 2. The van der Waals surface area contributed by atoms with Crippen molar-refractivity contribution in [1.29, 1.82) is 0 Å². The molecule has 1 fully saturated rings. The molecule has 5 heteroatoms. The molecule has 2 N–H and O–H groups in total. The van der Waals surface area contributed by atoms with Crippen LogP contribution in [-0.2, 0) is 4.74 Å². The van der Waals surface area contributed by atoms with E-state index in [2.05, 4.69) is 10.1 Å². The average molecular weight is 281 g/mol. The van der Waals surface area contributed by atoms with E-state index in [-0.39, 0.29) is 18.1 Å². The molecule has 20 heavy (non-hydrogen) atoms. The molecule has 3 atom stereocenters. The van der Waals surface area contributed by atoms with Gasteiger partial charge in [-0.05, 0) is 32.6 Å². The molecule has 5 nitrogen and oxygen atoms in total. The van der Waals surface area contributed by atoms with Crippen molar-refractivity contribution in [2.75, 3.05) is 6.61 Å². The van der Waals surface area contributed by atoms with E-state index in [0.29, 0.717) is 24.2 Å². The highest BCUT2D eigenvalue weighted by Crippen LogP contribution is 2.36. The van der Waals surface area contributed by atoms with Gasteiger partial charge in [0.05, 0.1) is 5.92 Å². The van der Waals surface area contributed by atoms with Crippen LogP contribution in [0.15, 0.2) is 4.52 Å². The van der Waals surface area contributed by atoms with Crippen molar-refractivity contribution in [2.45, 2.75) is 70.9 Å². The molecule has 1 aromatic rings. The summed E-state index contributed by atoms with van der Waals surface area (Å²) in [5.41, 5.74) is 5.90. The van der Waals surface area contributed by atoms with Crippen molar-refractivity contribution in [3.05, 3.63) is 11.7 Å². The average Bonchev–Trinajstić information content (AvgIpc) is 2.94. The van der Waals surface area contributed by atoms with E-state index < -0.39 is 0 Å². The van der Waals surface area contributed by atoms with Crippen LogP contribution < -0.4 is 5.73 Å². The van der Waals surface area contributed by atoms with Gasteiger partial charge in [0, 0.05) is 12.6 Å².